The molecular formula is C21H16N2O3. The van der Waals surface area contributed by atoms with Crippen LogP contribution in [-0.4, -0.2) is 25.7 Å². The molecule has 0 spiro atoms. The van der Waals surface area contributed by atoms with Crippen LogP contribution < -0.4 is 0 Å². The molecule has 5 nitrogen and oxygen atoms in total. The van der Waals surface area contributed by atoms with Crippen LogP contribution in [0.4, 0.5) is 0 Å². The Labute approximate surface area is 149 Å². The Morgan fingerprint density at radius 3 is 2.38 bits per heavy atom. The third-order valence-corrected chi connectivity index (χ3v) is 4.34. The molecule has 5 heteroatoms. The van der Waals surface area contributed by atoms with Gasteiger partial charge in [0.15, 0.2) is 0 Å². The van der Waals surface area contributed by atoms with E-state index in [1.165, 1.54) is 0 Å². The number of aromatic hydroxyl groups is 1. The lowest BCUT2D eigenvalue weighted by molar-refractivity contribution is 0.0699. The van der Waals surface area contributed by atoms with Crippen molar-refractivity contribution in [3.8, 4) is 17.1 Å². The topological polar surface area (TPSA) is 75.3 Å². The highest BCUT2D eigenvalue weighted by Crippen LogP contribution is 2.32. The van der Waals surface area contributed by atoms with E-state index in [1.54, 1.807) is 30.3 Å². The van der Waals surface area contributed by atoms with Gasteiger partial charge in [0.1, 0.15) is 17.1 Å². The van der Waals surface area contributed by atoms with Crippen LogP contribution in [0.15, 0.2) is 72.8 Å². The number of carboxylic acids is 1. The zero-order valence-corrected chi connectivity index (χ0v) is 13.8. The molecule has 0 aliphatic heterocycles. The first-order valence-electron chi connectivity index (χ1n) is 8.20. The second kappa shape index (κ2) is 6.37. The van der Waals surface area contributed by atoms with Crippen LogP contribution >= 0.6 is 0 Å². The molecule has 0 amide bonds. The number of phenols is 1. The van der Waals surface area contributed by atoms with E-state index in [1.807, 2.05) is 47.0 Å². The average Bonchev–Trinajstić information content (AvgIpc) is 3.01. The maximum Gasteiger partial charge on any atom is 0.337 e. The Kier molecular flexibility index (Phi) is 3.89. The highest BCUT2D eigenvalue weighted by Gasteiger charge is 2.19. The van der Waals surface area contributed by atoms with Gasteiger partial charge in [-0.25, -0.2) is 9.78 Å². The Bertz CT molecular complexity index is 1100. The van der Waals surface area contributed by atoms with Gasteiger partial charge in [-0.15, -0.1) is 0 Å². The van der Waals surface area contributed by atoms with Gasteiger partial charge in [-0.3, -0.25) is 0 Å². The molecule has 0 radical (unpaired) electrons. The minimum atomic E-state index is -1.02. The molecule has 128 valence electrons. The van der Waals surface area contributed by atoms with Crippen molar-refractivity contribution in [1.29, 1.82) is 0 Å². The summed E-state index contributed by atoms with van der Waals surface area (Å²) in [6.07, 6.45) is 0. The molecule has 0 aliphatic carbocycles. The number of aromatic nitrogens is 2. The summed E-state index contributed by atoms with van der Waals surface area (Å²) in [5, 5.41) is 19.8. The van der Waals surface area contributed by atoms with E-state index in [-0.39, 0.29) is 11.3 Å². The molecule has 1 heterocycles. The van der Waals surface area contributed by atoms with E-state index in [4.69, 9.17) is 0 Å². The van der Waals surface area contributed by atoms with Crippen molar-refractivity contribution < 1.29 is 15.0 Å². The summed E-state index contributed by atoms with van der Waals surface area (Å²) in [6, 6.07) is 21.9. The van der Waals surface area contributed by atoms with E-state index in [9.17, 15) is 15.0 Å². The van der Waals surface area contributed by atoms with Crippen molar-refractivity contribution in [3.63, 3.8) is 0 Å². The largest absolute Gasteiger partial charge is 0.507 e. The van der Waals surface area contributed by atoms with E-state index in [2.05, 4.69) is 4.98 Å². The Morgan fingerprint density at radius 1 is 0.923 bits per heavy atom. The van der Waals surface area contributed by atoms with Crippen LogP contribution in [0.25, 0.3) is 22.4 Å². The van der Waals surface area contributed by atoms with Crippen LogP contribution in [0.5, 0.6) is 5.75 Å². The summed E-state index contributed by atoms with van der Waals surface area (Å²) in [4.78, 5) is 16.2. The summed E-state index contributed by atoms with van der Waals surface area (Å²) in [6.45, 7) is 0.518. The van der Waals surface area contributed by atoms with Crippen molar-refractivity contribution in [1.82, 2.24) is 9.55 Å². The fourth-order valence-electron chi connectivity index (χ4n) is 3.11. The zero-order chi connectivity index (χ0) is 18.1. The molecular weight excluding hydrogens is 328 g/mol. The minimum Gasteiger partial charge on any atom is -0.507 e. The first-order chi connectivity index (χ1) is 12.6. The smallest absolute Gasteiger partial charge is 0.337 e. The van der Waals surface area contributed by atoms with Gasteiger partial charge in [0.2, 0.25) is 0 Å². The van der Waals surface area contributed by atoms with Gasteiger partial charge >= 0.3 is 5.97 Å². The lowest BCUT2D eigenvalue weighted by Gasteiger charge is -2.10. The predicted molar refractivity (Wildman–Crippen MR) is 99.3 cm³/mol. The highest BCUT2D eigenvalue weighted by atomic mass is 16.4. The summed E-state index contributed by atoms with van der Waals surface area (Å²) in [5.74, 6) is -0.381. The zero-order valence-electron chi connectivity index (χ0n) is 13.8. The van der Waals surface area contributed by atoms with Crippen LogP contribution in [0, 0.1) is 0 Å². The number of aromatic carboxylic acids is 1. The van der Waals surface area contributed by atoms with E-state index in [0.717, 1.165) is 5.56 Å². The molecule has 4 aromatic rings. The van der Waals surface area contributed by atoms with E-state index in [0.29, 0.717) is 29.0 Å². The number of hydrogen-bond acceptors (Lipinski definition) is 3. The second-order valence-electron chi connectivity index (χ2n) is 6.00. The molecule has 0 saturated carbocycles. The van der Waals surface area contributed by atoms with Crippen molar-refractivity contribution >= 4 is 17.0 Å². The quantitative estimate of drug-likeness (QED) is 0.583. The molecule has 0 saturated heterocycles. The number of imidazole rings is 1. The number of hydrogen-bond donors (Lipinski definition) is 2. The molecule has 0 aliphatic rings. The Morgan fingerprint density at radius 2 is 1.65 bits per heavy atom. The molecule has 0 bridgehead atoms. The first-order valence-corrected chi connectivity index (χ1v) is 8.20. The van der Waals surface area contributed by atoms with Crippen molar-refractivity contribution in [2.45, 2.75) is 6.54 Å². The lowest BCUT2D eigenvalue weighted by atomic mass is 10.1. The van der Waals surface area contributed by atoms with Crippen LogP contribution in [0.2, 0.25) is 0 Å². The molecule has 26 heavy (non-hydrogen) atoms. The Hall–Kier alpha value is -3.60. The third kappa shape index (κ3) is 2.69. The van der Waals surface area contributed by atoms with Gasteiger partial charge in [0.05, 0.1) is 16.6 Å². The molecule has 0 unspecified atom stereocenters. The van der Waals surface area contributed by atoms with E-state index >= 15 is 0 Å². The van der Waals surface area contributed by atoms with Crippen LogP contribution in [0.3, 0.4) is 0 Å². The van der Waals surface area contributed by atoms with Gasteiger partial charge < -0.3 is 14.8 Å². The van der Waals surface area contributed by atoms with Gasteiger partial charge in [-0.2, -0.15) is 0 Å². The monoisotopic (exact) mass is 344 g/mol. The number of benzene rings is 3. The van der Waals surface area contributed by atoms with Crippen molar-refractivity contribution in [2.24, 2.45) is 0 Å². The summed E-state index contributed by atoms with van der Waals surface area (Å²) >= 11 is 0. The number of nitrogens with zero attached hydrogens (tertiary/aromatic N) is 2. The number of para-hydroxylation sites is 2. The average molecular weight is 344 g/mol. The summed E-state index contributed by atoms with van der Waals surface area (Å²) in [5.41, 5.74) is 2.90. The van der Waals surface area contributed by atoms with E-state index < -0.39 is 5.97 Å². The fraction of sp³-hybridized carbons (Fsp3) is 0.0476. The third-order valence-electron chi connectivity index (χ3n) is 4.34. The first kappa shape index (κ1) is 15.9. The molecule has 4 rings (SSSR count). The summed E-state index contributed by atoms with van der Waals surface area (Å²) in [7, 11) is 0. The van der Waals surface area contributed by atoms with Crippen LogP contribution in [-0.2, 0) is 6.54 Å². The number of fused-ring (bicyclic) bond motifs is 1. The van der Waals surface area contributed by atoms with Crippen molar-refractivity contribution in [2.75, 3.05) is 0 Å². The second-order valence-corrected chi connectivity index (χ2v) is 6.00. The fourth-order valence-corrected chi connectivity index (χ4v) is 3.11. The number of carboxylic acid groups (broad SMARTS) is 1. The molecule has 1 aromatic heterocycles. The SMILES string of the molecule is O=C(O)c1cccc2c1nc(-c1ccccc1O)n2Cc1ccccc1. The number of phenolic OH excluding ortho intramolecular Hbond substituents is 1. The maximum atomic E-state index is 11.6. The van der Waals surface area contributed by atoms with Gasteiger partial charge in [0, 0.05) is 6.54 Å². The molecule has 0 atom stereocenters. The maximum absolute atomic E-state index is 11.6. The Balaban J connectivity index is 2.00. The number of carbonyl (C=O) groups is 1. The molecule has 3 aromatic carbocycles. The summed E-state index contributed by atoms with van der Waals surface area (Å²) < 4.78 is 1.94. The van der Waals surface area contributed by atoms with Crippen LogP contribution in [0.1, 0.15) is 15.9 Å². The van der Waals surface area contributed by atoms with Crippen molar-refractivity contribution in [3.05, 3.63) is 83.9 Å². The standard InChI is InChI=1S/C21H16N2O3/c24-18-12-5-4-9-15(18)20-22-19-16(21(25)26)10-6-11-17(19)23(20)13-14-7-2-1-3-8-14/h1-12,24H,13H2,(H,25,26). The molecule has 0 fully saturated rings. The van der Waals surface area contributed by atoms with Gasteiger partial charge in [0.25, 0.3) is 0 Å². The minimum absolute atomic E-state index is 0.106. The predicted octanol–water partition coefficient (Wildman–Crippen LogP) is 4.16. The molecule has 2 N–H and O–H groups in total. The van der Waals surface area contributed by atoms with Gasteiger partial charge in [-0.05, 0) is 29.8 Å². The number of rotatable bonds is 4. The lowest BCUT2D eigenvalue weighted by Crippen LogP contribution is -2.02. The van der Waals surface area contributed by atoms with Gasteiger partial charge in [-0.1, -0.05) is 48.5 Å². The highest BCUT2D eigenvalue weighted by molar-refractivity contribution is 6.02. The normalized spacial score (nSPS) is 10.9.